The van der Waals surface area contributed by atoms with Gasteiger partial charge in [0.05, 0.1) is 6.54 Å². The molecule has 3 rings (SSSR count). The Morgan fingerprint density at radius 3 is 2.62 bits per heavy atom. The second kappa shape index (κ2) is 7.11. The summed E-state index contributed by atoms with van der Waals surface area (Å²) in [5, 5.41) is 9.06. The molecule has 6 nitrogen and oxygen atoms in total. The highest BCUT2D eigenvalue weighted by Gasteiger charge is 2.39. The molecule has 8 heteroatoms. The van der Waals surface area contributed by atoms with Crippen molar-refractivity contribution in [2.45, 2.75) is 55.3 Å². The van der Waals surface area contributed by atoms with E-state index in [0.717, 1.165) is 17.8 Å². The van der Waals surface area contributed by atoms with Crippen LogP contribution in [0, 0.1) is 5.92 Å². The van der Waals surface area contributed by atoms with Crippen LogP contribution >= 0.6 is 11.3 Å². The number of nitrogens with zero attached hydrogens (tertiary/aromatic N) is 1. The molecule has 2 aliphatic carbocycles. The van der Waals surface area contributed by atoms with E-state index in [4.69, 9.17) is 5.11 Å². The zero-order valence-electron chi connectivity index (χ0n) is 13.8. The summed E-state index contributed by atoms with van der Waals surface area (Å²) < 4.78 is 27.9. The number of hydrogen-bond donors (Lipinski definition) is 2. The van der Waals surface area contributed by atoms with Crippen LogP contribution in [0.5, 0.6) is 0 Å². The number of sulfonamides is 1. The first-order valence-corrected chi connectivity index (χ1v) is 10.7. The first-order valence-electron chi connectivity index (χ1n) is 8.44. The standard InChI is InChI=1S/C16H24N2O4S2/c1-2-14-5-6-16(23-14)24(21,22)17-12-7-13(8-12)18(10-15(19)20)9-11-3-4-11/h5-6,11-13,17H,2-4,7-10H2,1H3,(H,19,20). The van der Waals surface area contributed by atoms with Gasteiger partial charge in [0, 0.05) is 23.5 Å². The number of thiophene rings is 1. The lowest BCUT2D eigenvalue weighted by molar-refractivity contribution is -0.139. The Morgan fingerprint density at radius 2 is 2.08 bits per heavy atom. The lowest BCUT2D eigenvalue weighted by Crippen LogP contribution is -2.55. The maximum atomic E-state index is 12.4. The second-order valence-corrected chi connectivity index (χ2v) is 9.89. The third-order valence-corrected chi connectivity index (χ3v) is 7.97. The van der Waals surface area contributed by atoms with Crippen LogP contribution in [0.3, 0.4) is 0 Å². The van der Waals surface area contributed by atoms with Gasteiger partial charge in [0.15, 0.2) is 0 Å². The smallest absolute Gasteiger partial charge is 0.317 e. The molecule has 0 aliphatic heterocycles. The summed E-state index contributed by atoms with van der Waals surface area (Å²) in [6, 6.07) is 3.59. The number of aliphatic carboxylic acids is 1. The maximum absolute atomic E-state index is 12.4. The molecule has 0 aromatic carbocycles. The van der Waals surface area contributed by atoms with Gasteiger partial charge in [-0.05, 0) is 50.2 Å². The number of rotatable bonds is 9. The third-order valence-electron chi connectivity index (χ3n) is 4.73. The van der Waals surface area contributed by atoms with Crippen molar-refractivity contribution in [3.8, 4) is 0 Å². The fourth-order valence-corrected chi connectivity index (χ4v) is 5.67. The van der Waals surface area contributed by atoms with Crippen LogP contribution in [0.4, 0.5) is 0 Å². The lowest BCUT2D eigenvalue weighted by Gasteiger charge is -2.42. The van der Waals surface area contributed by atoms with Crippen LogP contribution in [-0.2, 0) is 21.2 Å². The molecular formula is C16H24N2O4S2. The van der Waals surface area contributed by atoms with Crippen molar-refractivity contribution in [1.29, 1.82) is 0 Å². The van der Waals surface area contributed by atoms with Crippen molar-refractivity contribution in [2.75, 3.05) is 13.1 Å². The molecule has 0 radical (unpaired) electrons. The Bertz CT molecular complexity index is 691. The summed E-state index contributed by atoms with van der Waals surface area (Å²) in [6.45, 7) is 2.87. The van der Waals surface area contributed by atoms with Crippen LogP contribution in [0.1, 0.15) is 37.5 Å². The van der Waals surface area contributed by atoms with E-state index >= 15 is 0 Å². The van der Waals surface area contributed by atoms with Crippen LogP contribution in [0.25, 0.3) is 0 Å². The summed E-state index contributed by atoms with van der Waals surface area (Å²) >= 11 is 1.31. The summed E-state index contributed by atoms with van der Waals surface area (Å²) in [5.41, 5.74) is 0. The molecule has 0 spiro atoms. The Hall–Kier alpha value is -0.960. The van der Waals surface area contributed by atoms with E-state index in [2.05, 4.69) is 4.72 Å². The van der Waals surface area contributed by atoms with Crippen molar-refractivity contribution >= 4 is 27.3 Å². The molecule has 0 saturated heterocycles. The van der Waals surface area contributed by atoms with E-state index in [0.29, 0.717) is 23.0 Å². The molecule has 2 N–H and O–H groups in total. The number of carboxylic acid groups (broad SMARTS) is 1. The third kappa shape index (κ3) is 4.36. The molecule has 0 unspecified atom stereocenters. The molecular weight excluding hydrogens is 348 g/mol. The summed E-state index contributed by atoms with van der Waals surface area (Å²) in [4.78, 5) is 14.1. The van der Waals surface area contributed by atoms with Gasteiger partial charge in [0.1, 0.15) is 4.21 Å². The van der Waals surface area contributed by atoms with Gasteiger partial charge in [-0.15, -0.1) is 11.3 Å². The fraction of sp³-hybridized carbons (Fsp3) is 0.688. The molecule has 2 saturated carbocycles. The molecule has 0 bridgehead atoms. The van der Waals surface area contributed by atoms with Crippen molar-refractivity contribution < 1.29 is 18.3 Å². The average Bonchev–Trinajstić information content (AvgIpc) is 3.13. The quantitative estimate of drug-likeness (QED) is 0.691. The van der Waals surface area contributed by atoms with Crippen LogP contribution < -0.4 is 4.72 Å². The average molecular weight is 373 g/mol. The summed E-state index contributed by atoms with van der Waals surface area (Å²) in [7, 11) is -3.46. The minimum Gasteiger partial charge on any atom is -0.480 e. The number of hydrogen-bond acceptors (Lipinski definition) is 5. The molecule has 2 aliphatic rings. The highest BCUT2D eigenvalue weighted by Crippen LogP contribution is 2.34. The zero-order valence-corrected chi connectivity index (χ0v) is 15.4. The van der Waals surface area contributed by atoms with Crippen molar-refractivity contribution in [3.05, 3.63) is 17.0 Å². The first-order chi connectivity index (χ1) is 11.4. The molecule has 0 atom stereocenters. The number of carboxylic acids is 1. The Balaban J connectivity index is 1.54. The van der Waals surface area contributed by atoms with E-state index in [1.54, 1.807) is 6.07 Å². The topological polar surface area (TPSA) is 86.7 Å². The highest BCUT2D eigenvalue weighted by molar-refractivity contribution is 7.91. The first kappa shape index (κ1) is 17.8. The van der Waals surface area contributed by atoms with Gasteiger partial charge in [-0.3, -0.25) is 9.69 Å². The molecule has 134 valence electrons. The van der Waals surface area contributed by atoms with E-state index in [1.807, 2.05) is 17.9 Å². The SMILES string of the molecule is CCc1ccc(S(=O)(=O)NC2CC(N(CC(=O)O)CC3CC3)C2)s1. The van der Waals surface area contributed by atoms with E-state index < -0.39 is 16.0 Å². The van der Waals surface area contributed by atoms with E-state index in [9.17, 15) is 13.2 Å². The van der Waals surface area contributed by atoms with Crippen molar-refractivity contribution in [3.63, 3.8) is 0 Å². The number of nitrogens with one attached hydrogen (secondary N) is 1. The van der Waals surface area contributed by atoms with Crippen molar-refractivity contribution in [1.82, 2.24) is 9.62 Å². The van der Waals surface area contributed by atoms with Gasteiger partial charge in [0.25, 0.3) is 0 Å². The minimum absolute atomic E-state index is 0.0470. The monoisotopic (exact) mass is 372 g/mol. The highest BCUT2D eigenvalue weighted by atomic mass is 32.2. The predicted octanol–water partition coefficient (Wildman–Crippen LogP) is 1.92. The Morgan fingerprint density at radius 1 is 1.38 bits per heavy atom. The van der Waals surface area contributed by atoms with Gasteiger partial charge in [-0.2, -0.15) is 0 Å². The van der Waals surface area contributed by atoms with Gasteiger partial charge < -0.3 is 5.11 Å². The molecule has 1 aromatic rings. The normalized spacial score (nSPS) is 24.1. The zero-order chi connectivity index (χ0) is 17.3. The predicted molar refractivity (Wildman–Crippen MR) is 92.8 cm³/mol. The van der Waals surface area contributed by atoms with Gasteiger partial charge in [0.2, 0.25) is 10.0 Å². The Labute approximate surface area is 146 Å². The maximum Gasteiger partial charge on any atom is 0.317 e. The minimum atomic E-state index is -3.46. The number of carbonyl (C=O) groups is 1. The van der Waals surface area contributed by atoms with E-state index in [-0.39, 0.29) is 18.6 Å². The lowest BCUT2D eigenvalue weighted by atomic mass is 9.86. The molecule has 24 heavy (non-hydrogen) atoms. The largest absolute Gasteiger partial charge is 0.480 e. The van der Waals surface area contributed by atoms with Gasteiger partial charge in [-0.25, -0.2) is 13.1 Å². The molecule has 1 aromatic heterocycles. The Kier molecular flexibility index (Phi) is 5.29. The van der Waals surface area contributed by atoms with Crippen LogP contribution in [0.2, 0.25) is 0 Å². The summed E-state index contributed by atoms with van der Waals surface area (Å²) in [6.07, 6.45) is 4.56. The van der Waals surface area contributed by atoms with Gasteiger partial charge >= 0.3 is 5.97 Å². The summed E-state index contributed by atoms with van der Waals surface area (Å²) in [5.74, 6) is -0.191. The molecule has 1 heterocycles. The van der Waals surface area contributed by atoms with Crippen molar-refractivity contribution in [2.24, 2.45) is 5.92 Å². The molecule has 2 fully saturated rings. The van der Waals surface area contributed by atoms with Crippen LogP contribution in [-0.4, -0.2) is 49.6 Å². The molecule has 0 amide bonds. The fourth-order valence-electron chi connectivity index (χ4n) is 3.10. The second-order valence-electron chi connectivity index (χ2n) is 6.78. The van der Waals surface area contributed by atoms with Gasteiger partial charge in [-0.1, -0.05) is 6.92 Å². The van der Waals surface area contributed by atoms with E-state index in [1.165, 1.54) is 24.2 Å². The van der Waals surface area contributed by atoms with Crippen LogP contribution in [0.15, 0.2) is 16.3 Å². The number of aryl methyl sites for hydroxylation is 1.